The van der Waals surface area contributed by atoms with Crippen LogP contribution in [0.25, 0.3) is 5.69 Å². The van der Waals surface area contributed by atoms with Crippen LogP contribution in [0, 0.1) is 0 Å². The molecule has 6 nitrogen and oxygen atoms in total. The second-order valence-corrected chi connectivity index (χ2v) is 7.06. The number of imidazole rings is 1. The Hall–Kier alpha value is -2.76. The number of nitrogens with zero attached hydrogens (tertiary/aromatic N) is 4. The van der Waals surface area contributed by atoms with E-state index in [0.29, 0.717) is 12.1 Å². The third kappa shape index (κ3) is 2.85. The highest BCUT2D eigenvalue weighted by Gasteiger charge is 2.28. The topological polar surface area (TPSA) is 68.8 Å². The summed E-state index contributed by atoms with van der Waals surface area (Å²) in [5, 5.41) is 9.01. The molecule has 26 heavy (non-hydrogen) atoms. The Morgan fingerprint density at radius 2 is 2.12 bits per heavy atom. The lowest BCUT2D eigenvalue weighted by Crippen LogP contribution is -2.15. The number of azo groups is 1. The molecule has 2 aliphatic rings. The van der Waals surface area contributed by atoms with E-state index in [-0.39, 0.29) is 18.1 Å². The van der Waals surface area contributed by atoms with Crippen molar-refractivity contribution in [2.24, 2.45) is 10.2 Å². The third-order valence-electron chi connectivity index (χ3n) is 4.92. The molecule has 1 unspecified atom stereocenters. The third-order valence-corrected chi connectivity index (χ3v) is 4.92. The highest BCUT2D eigenvalue weighted by atomic mass is 16.5. The average Bonchev–Trinajstić information content (AvgIpc) is 2.96. The van der Waals surface area contributed by atoms with Crippen molar-refractivity contribution in [2.45, 2.75) is 52.2 Å². The summed E-state index contributed by atoms with van der Waals surface area (Å²) in [7, 11) is 0. The van der Waals surface area contributed by atoms with Gasteiger partial charge in [0.25, 0.3) is 0 Å². The normalized spacial score (nSPS) is 18.7. The quantitative estimate of drug-likeness (QED) is 0.746. The van der Waals surface area contributed by atoms with Crippen LogP contribution in [0.1, 0.15) is 61.4 Å². The van der Waals surface area contributed by atoms with Gasteiger partial charge in [-0.05, 0) is 45.3 Å². The SMILES string of the molecule is CC1=C2CCC(N=N1)c1ccccc1-n1cnc(C(=O)OC(C)C)c1C2. The van der Waals surface area contributed by atoms with Gasteiger partial charge in [0, 0.05) is 12.0 Å². The number of hydrogen-bond donors (Lipinski definition) is 0. The number of ether oxygens (including phenoxy) is 1. The molecule has 0 N–H and O–H groups in total. The minimum absolute atomic E-state index is 0.0121. The Morgan fingerprint density at radius 1 is 1.31 bits per heavy atom. The van der Waals surface area contributed by atoms with Crippen molar-refractivity contribution >= 4 is 5.97 Å². The van der Waals surface area contributed by atoms with Crippen molar-refractivity contribution in [3.05, 3.63) is 58.8 Å². The zero-order valence-corrected chi connectivity index (χ0v) is 15.3. The van der Waals surface area contributed by atoms with Crippen LogP contribution in [0.15, 0.2) is 52.1 Å². The lowest BCUT2D eigenvalue weighted by Gasteiger charge is -2.16. The summed E-state index contributed by atoms with van der Waals surface area (Å²) < 4.78 is 7.42. The summed E-state index contributed by atoms with van der Waals surface area (Å²) in [6.07, 6.45) is 3.98. The van der Waals surface area contributed by atoms with Gasteiger partial charge in [0.05, 0.1) is 29.2 Å². The molecule has 3 heterocycles. The molecule has 2 aliphatic heterocycles. The smallest absolute Gasteiger partial charge is 0.359 e. The van der Waals surface area contributed by atoms with Crippen LogP contribution in [-0.2, 0) is 11.2 Å². The fourth-order valence-corrected chi connectivity index (χ4v) is 3.59. The summed E-state index contributed by atoms with van der Waals surface area (Å²) in [5.74, 6) is -0.377. The van der Waals surface area contributed by atoms with E-state index in [9.17, 15) is 4.79 Å². The maximum atomic E-state index is 12.6. The van der Waals surface area contributed by atoms with Crippen LogP contribution in [0.5, 0.6) is 0 Å². The van der Waals surface area contributed by atoms with E-state index < -0.39 is 0 Å². The van der Waals surface area contributed by atoms with Crippen molar-refractivity contribution in [3.8, 4) is 5.69 Å². The number of rotatable bonds is 2. The van der Waals surface area contributed by atoms with Crippen molar-refractivity contribution in [1.82, 2.24) is 9.55 Å². The number of carbonyl (C=O) groups is 1. The van der Waals surface area contributed by atoms with Gasteiger partial charge in [-0.3, -0.25) is 0 Å². The molecule has 6 heteroatoms. The highest BCUT2D eigenvalue weighted by molar-refractivity contribution is 5.89. The summed E-state index contributed by atoms with van der Waals surface area (Å²) >= 11 is 0. The average molecular weight is 350 g/mol. The van der Waals surface area contributed by atoms with E-state index >= 15 is 0 Å². The zero-order chi connectivity index (χ0) is 18.3. The van der Waals surface area contributed by atoms with Crippen LogP contribution in [0.4, 0.5) is 0 Å². The summed E-state index contributed by atoms with van der Waals surface area (Å²) in [4.78, 5) is 17.0. The Labute approximate surface area is 152 Å². The number of allylic oxidation sites excluding steroid dienone is 2. The van der Waals surface area contributed by atoms with Gasteiger partial charge in [0.15, 0.2) is 5.69 Å². The fraction of sp³-hybridized carbons (Fsp3) is 0.400. The van der Waals surface area contributed by atoms with Crippen molar-refractivity contribution in [1.29, 1.82) is 0 Å². The predicted molar refractivity (Wildman–Crippen MR) is 97.4 cm³/mol. The van der Waals surface area contributed by atoms with E-state index in [4.69, 9.17) is 4.74 Å². The van der Waals surface area contributed by atoms with Crippen LogP contribution in [0.2, 0.25) is 0 Å². The van der Waals surface area contributed by atoms with E-state index in [1.807, 2.05) is 43.5 Å². The molecule has 0 amide bonds. The molecule has 0 fully saturated rings. The van der Waals surface area contributed by atoms with Gasteiger partial charge in [0.1, 0.15) is 6.33 Å². The van der Waals surface area contributed by atoms with Gasteiger partial charge in [-0.1, -0.05) is 18.2 Å². The standard InChI is InChI=1S/C20H22N4O2/c1-12(2)26-20(25)19-18-10-14-8-9-16(23-22-13(14)3)15-6-4-5-7-17(15)24(18)11-21-19/h4-7,11-12,16H,8-10H2,1-3H3. The molecule has 0 radical (unpaired) electrons. The largest absolute Gasteiger partial charge is 0.458 e. The number of benzene rings is 1. The molecule has 2 aromatic rings. The van der Waals surface area contributed by atoms with Crippen LogP contribution in [-0.4, -0.2) is 21.6 Å². The van der Waals surface area contributed by atoms with Gasteiger partial charge in [-0.25, -0.2) is 9.78 Å². The molecule has 2 bridgehead atoms. The maximum Gasteiger partial charge on any atom is 0.359 e. The zero-order valence-electron chi connectivity index (χ0n) is 15.3. The molecule has 134 valence electrons. The molecule has 1 atom stereocenters. The maximum absolute atomic E-state index is 12.6. The second kappa shape index (κ2) is 6.52. The molecule has 0 spiro atoms. The van der Waals surface area contributed by atoms with Gasteiger partial charge >= 0.3 is 5.97 Å². The van der Waals surface area contributed by atoms with Crippen LogP contribution < -0.4 is 0 Å². The Morgan fingerprint density at radius 3 is 2.92 bits per heavy atom. The van der Waals surface area contributed by atoms with Gasteiger partial charge in [-0.2, -0.15) is 10.2 Å². The van der Waals surface area contributed by atoms with Crippen LogP contribution >= 0.6 is 0 Å². The minimum atomic E-state index is -0.377. The van der Waals surface area contributed by atoms with E-state index in [1.165, 1.54) is 5.57 Å². The van der Waals surface area contributed by atoms with E-state index in [2.05, 4.69) is 21.3 Å². The molecular weight excluding hydrogens is 328 g/mol. The lowest BCUT2D eigenvalue weighted by atomic mass is 9.97. The molecule has 1 aromatic heterocycles. The van der Waals surface area contributed by atoms with Crippen molar-refractivity contribution in [2.75, 3.05) is 0 Å². The Kier molecular flexibility index (Phi) is 4.18. The number of para-hydroxylation sites is 1. The summed E-state index contributed by atoms with van der Waals surface area (Å²) in [6.45, 7) is 5.68. The fourth-order valence-electron chi connectivity index (χ4n) is 3.59. The van der Waals surface area contributed by atoms with Crippen molar-refractivity contribution < 1.29 is 9.53 Å². The first-order valence-corrected chi connectivity index (χ1v) is 9.00. The number of esters is 1. The minimum Gasteiger partial charge on any atom is -0.458 e. The molecule has 0 saturated carbocycles. The Balaban J connectivity index is 1.92. The molecule has 4 rings (SSSR count). The first kappa shape index (κ1) is 16.7. The van der Waals surface area contributed by atoms with Crippen LogP contribution in [0.3, 0.4) is 0 Å². The molecule has 1 aromatic carbocycles. The summed E-state index contributed by atoms with van der Waals surface area (Å²) in [5.41, 5.74) is 5.48. The summed E-state index contributed by atoms with van der Waals surface area (Å²) in [6, 6.07) is 8.15. The Bertz CT molecular complexity index is 924. The molecule has 0 aliphatic carbocycles. The monoisotopic (exact) mass is 350 g/mol. The first-order valence-electron chi connectivity index (χ1n) is 9.00. The predicted octanol–water partition coefficient (Wildman–Crippen LogP) is 4.55. The molecular formula is C20H22N4O2. The lowest BCUT2D eigenvalue weighted by molar-refractivity contribution is 0.0370. The van der Waals surface area contributed by atoms with E-state index in [1.54, 1.807) is 6.33 Å². The second-order valence-electron chi connectivity index (χ2n) is 7.06. The first-order chi connectivity index (χ1) is 12.5. The molecule has 0 saturated heterocycles. The number of carbonyl (C=O) groups excluding carboxylic acids is 1. The highest BCUT2D eigenvalue weighted by Crippen LogP contribution is 2.37. The van der Waals surface area contributed by atoms with Gasteiger partial charge in [-0.15, -0.1) is 0 Å². The van der Waals surface area contributed by atoms with Crippen molar-refractivity contribution in [3.63, 3.8) is 0 Å². The number of hydrogen-bond acceptors (Lipinski definition) is 5. The number of fused-ring (bicyclic) bond motifs is 7. The van der Waals surface area contributed by atoms with E-state index in [0.717, 1.165) is 35.5 Å². The number of aromatic nitrogens is 2. The van der Waals surface area contributed by atoms with Gasteiger partial charge < -0.3 is 9.30 Å². The van der Waals surface area contributed by atoms with Gasteiger partial charge in [0.2, 0.25) is 0 Å².